The van der Waals surface area contributed by atoms with Crippen LogP contribution in [0.5, 0.6) is 5.75 Å². The molecule has 1 heterocycles. The summed E-state index contributed by atoms with van der Waals surface area (Å²) in [6.07, 6.45) is -1.29. The molecule has 0 radical (unpaired) electrons. The van der Waals surface area contributed by atoms with Gasteiger partial charge in [-0.1, -0.05) is 63.9 Å². The van der Waals surface area contributed by atoms with Gasteiger partial charge < -0.3 is 25.0 Å². The van der Waals surface area contributed by atoms with Gasteiger partial charge in [-0.25, -0.2) is 18.6 Å². The normalized spacial score (nSPS) is 10.8. The Bertz CT molecular complexity index is 1290. The van der Waals surface area contributed by atoms with Crippen molar-refractivity contribution < 1.29 is 28.2 Å². The quantitative estimate of drug-likeness (QED) is 0.228. The van der Waals surface area contributed by atoms with Crippen molar-refractivity contribution in [3.8, 4) is 5.75 Å². The highest BCUT2D eigenvalue weighted by Crippen LogP contribution is 2.37. The maximum atomic E-state index is 12.6. The number of halogens is 5. The second-order valence-corrected chi connectivity index (χ2v) is 9.58. The molecule has 216 valence electrons. The number of rotatable bonds is 8. The van der Waals surface area contributed by atoms with Crippen molar-refractivity contribution in [2.24, 2.45) is 12.5 Å². The van der Waals surface area contributed by atoms with Crippen molar-refractivity contribution in [3.05, 3.63) is 45.4 Å². The predicted octanol–water partition coefficient (Wildman–Crippen LogP) is 7.51. The van der Waals surface area contributed by atoms with Gasteiger partial charge in [0.05, 0.1) is 26.8 Å². The molecule has 0 fully saturated rings. The van der Waals surface area contributed by atoms with Gasteiger partial charge in [0.15, 0.2) is 0 Å². The minimum absolute atomic E-state index is 0.146. The summed E-state index contributed by atoms with van der Waals surface area (Å²) >= 11 is 17.6. The van der Waals surface area contributed by atoms with Crippen LogP contribution < -0.4 is 15.4 Å². The number of benzene rings is 2. The van der Waals surface area contributed by atoms with Gasteiger partial charge in [-0.15, -0.1) is 11.6 Å². The number of aromatic nitrogens is 2. The van der Waals surface area contributed by atoms with E-state index >= 15 is 0 Å². The fraction of sp³-hybridized carbons (Fsp3) is 0.423. The number of fused-ring (bicyclic) bond motifs is 1. The molecule has 0 spiro atoms. The van der Waals surface area contributed by atoms with Crippen LogP contribution in [-0.4, -0.2) is 45.9 Å². The number of amides is 1. The third kappa shape index (κ3) is 8.84. The average Bonchev–Trinajstić information content (AvgIpc) is 3.19. The first-order chi connectivity index (χ1) is 18.3. The maximum absolute atomic E-state index is 12.6. The molecule has 3 aromatic rings. The van der Waals surface area contributed by atoms with E-state index in [1.807, 2.05) is 13.8 Å². The van der Waals surface area contributed by atoms with Gasteiger partial charge in [0.2, 0.25) is 11.9 Å². The lowest BCUT2D eigenvalue weighted by atomic mass is 9.95. The largest absolute Gasteiger partial charge is 0.487 e. The minimum atomic E-state index is -2.76. The molecule has 13 heteroatoms. The molecule has 0 aliphatic carbocycles. The van der Waals surface area contributed by atoms with Gasteiger partial charge in [0.25, 0.3) is 6.43 Å². The second kappa shape index (κ2) is 15.1. The Hall–Kier alpha value is -2.82. The zero-order chi connectivity index (χ0) is 30.1. The second-order valence-electron chi connectivity index (χ2n) is 8.79. The first-order valence-corrected chi connectivity index (χ1v) is 13.4. The van der Waals surface area contributed by atoms with Crippen LogP contribution in [0.4, 0.5) is 20.4 Å². The summed E-state index contributed by atoms with van der Waals surface area (Å²) in [7, 11) is 1.64. The van der Waals surface area contributed by atoms with Crippen LogP contribution in [-0.2, 0) is 18.4 Å². The number of nitrogens with one attached hydrogen (secondary N) is 2. The highest BCUT2D eigenvalue weighted by Gasteiger charge is 2.22. The number of aryl methyl sites for hydroxylation is 1. The number of aromatic carboxylic acids is 1. The smallest absolute Gasteiger partial charge is 0.339 e. The third-order valence-electron chi connectivity index (χ3n) is 5.11. The van der Waals surface area contributed by atoms with Crippen LogP contribution in [0.25, 0.3) is 11.0 Å². The zero-order valence-electron chi connectivity index (χ0n) is 22.8. The maximum Gasteiger partial charge on any atom is 0.339 e. The Labute approximate surface area is 241 Å². The Morgan fingerprint density at radius 3 is 2.31 bits per heavy atom. The van der Waals surface area contributed by atoms with Crippen molar-refractivity contribution in [2.75, 3.05) is 18.3 Å². The number of hydrogen-bond acceptors (Lipinski definition) is 5. The first-order valence-electron chi connectivity index (χ1n) is 11.8. The molecule has 8 nitrogen and oxygen atoms in total. The van der Waals surface area contributed by atoms with Crippen LogP contribution in [0.1, 0.15) is 50.5 Å². The Morgan fingerprint density at radius 2 is 1.77 bits per heavy atom. The van der Waals surface area contributed by atoms with E-state index in [1.54, 1.807) is 44.5 Å². The van der Waals surface area contributed by atoms with Gasteiger partial charge >= 0.3 is 5.97 Å². The number of ether oxygens (including phenoxy) is 1. The standard InChI is InChI=1S/C23H24Cl2F2N4O4.C2H6.CH3Cl/c1-23(2,3)21(34)28-9-11-5-6-13(24)19(18(11)25)30-22-29-14-7-12(20(32)33)16(35-10-17(26)27)8-15(14)31(22)4;2*1-2/h5-8,17H,9-10H2,1-4H3,(H,28,34)(H,29,30)(H,32,33);1-2H3;1H3. The molecule has 0 aliphatic rings. The number of carbonyl (C=O) groups excluding carboxylic acids is 1. The molecule has 1 amide bonds. The van der Waals surface area contributed by atoms with E-state index in [0.717, 1.165) is 0 Å². The average molecular weight is 610 g/mol. The summed E-state index contributed by atoms with van der Waals surface area (Å²) in [4.78, 5) is 28.2. The molecule has 0 aliphatic heterocycles. The Morgan fingerprint density at radius 1 is 1.15 bits per heavy atom. The summed E-state index contributed by atoms with van der Waals surface area (Å²) in [5, 5.41) is 15.9. The number of carboxylic acids is 1. The molecule has 0 saturated carbocycles. The molecule has 2 aromatic carbocycles. The van der Waals surface area contributed by atoms with E-state index in [-0.39, 0.29) is 40.3 Å². The molecular weight excluding hydrogens is 577 g/mol. The SMILES string of the molecule is CC.CCl.Cn1c(Nc2c(Cl)ccc(CNC(=O)C(C)(C)C)c2Cl)nc2cc(C(=O)O)c(OCC(F)F)cc21. The van der Waals surface area contributed by atoms with E-state index in [1.165, 1.54) is 18.5 Å². The molecule has 0 atom stereocenters. The molecule has 3 rings (SSSR count). The molecular formula is C26H33Cl3F2N4O4. The van der Waals surface area contributed by atoms with Gasteiger partial charge in [-0.2, -0.15) is 0 Å². The van der Waals surface area contributed by atoms with Crippen molar-refractivity contribution in [1.82, 2.24) is 14.9 Å². The van der Waals surface area contributed by atoms with Crippen molar-refractivity contribution in [3.63, 3.8) is 0 Å². The number of nitrogens with zero attached hydrogens (tertiary/aromatic N) is 2. The van der Waals surface area contributed by atoms with Gasteiger partial charge in [0, 0.05) is 31.5 Å². The van der Waals surface area contributed by atoms with Gasteiger partial charge in [-0.3, -0.25) is 4.79 Å². The number of anilines is 2. The fourth-order valence-electron chi connectivity index (χ4n) is 3.17. The highest BCUT2D eigenvalue weighted by atomic mass is 35.5. The highest BCUT2D eigenvalue weighted by molar-refractivity contribution is 6.39. The number of hydrogen-bond donors (Lipinski definition) is 3. The molecule has 39 heavy (non-hydrogen) atoms. The summed E-state index contributed by atoms with van der Waals surface area (Å²) in [6, 6.07) is 5.89. The molecule has 0 unspecified atom stereocenters. The van der Waals surface area contributed by atoms with Crippen molar-refractivity contribution in [2.45, 2.75) is 47.6 Å². The summed E-state index contributed by atoms with van der Waals surface area (Å²) in [5.41, 5.74) is 0.808. The van der Waals surface area contributed by atoms with Gasteiger partial charge in [-0.05, 0) is 17.7 Å². The number of carbonyl (C=O) groups is 2. The number of alkyl halides is 3. The fourth-order valence-corrected chi connectivity index (χ4v) is 3.70. The van der Waals surface area contributed by atoms with Gasteiger partial charge in [0.1, 0.15) is 17.9 Å². The van der Waals surface area contributed by atoms with E-state index < -0.39 is 24.4 Å². The first kappa shape index (κ1) is 34.2. The Kier molecular flexibility index (Phi) is 13.2. The van der Waals surface area contributed by atoms with Crippen molar-refractivity contribution in [1.29, 1.82) is 0 Å². The van der Waals surface area contributed by atoms with Crippen molar-refractivity contribution >= 4 is 69.3 Å². The number of carboxylic acid groups (broad SMARTS) is 1. The molecule has 0 saturated heterocycles. The topological polar surface area (TPSA) is 105 Å². The van der Waals surface area contributed by atoms with E-state index in [9.17, 15) is 23.5 Å². The monoisotopic (exact) mass is 608 g/mol. The Balaban J connectivity index is 0.00000181. The lowest BCUT2D eigenvalue weighted by Crippen LogP contribution is -2.34. The molecule has 3 N–H and O–H groups in total. The van der Waals surface area contributed by atoms with E-state index in [0.29, 0.717) is 21.8 Å². The van der Waals surface area contributed by atoms with Crippen LogP contribution >= 0.6 is 34.8 Å². The lowest BCUT2D eigenvalue weighted by molar-refractivity contribution is -0.128. The molecule has 1 aromatic heterocycles. The van der Waals surface area contributed by atoms with E-state index in [2.05, 4.69) is 27.2 Å². The van der Waals surface area contributed by atoms with Crippen LogP contribution in [0.15, 0.2) is 24.3 Å². The van der Waals surface area contributed by atoms with Crippen LogP contribution in [0.2, 0.25) is 10.0 Å². The van der Waals surface area contributed by atoms with E-state index in [4.69, 9.17) is 27.9 Å². The summed E-state index contributed by atoms with van der Waals surface area (Å²) < 4.78 is 31.8. The van der Waals surface area contributed by atoms with Crippen LogP contribution in [0, 0.1) is 5.41 Å². The predicted molar refractivity (Wildman–Crippen MR) is 153 cm³/mol. The minimum Gasteiger partial charge on any atom is -0.487 e. The molecule has 0 bridgehead atoms. The summed E-state index contributed by atoms with van der Waals surface area (Å²) in [5.74, 6) is -1.42. The van der Waals surface area contributed by atoms with Crippen LogP contribution in [0.3, 0.4) is 0 Å². The zero-order valence-corrected chi connectivity index (χ0v) is 25.0. The lowest BCUT2D eigenvalue weighted by Gasteiger charge is -2.19. The third-order valence-corrected chi connectivity index (χ3v) is 5.85. The number of imidazole rings is 1. The summed E-state index contributed by atoms with van der Waals surface area (Å²) in [6.45, 7) is 8.62.